The van der Waals surface area contributed by atoms with E-state index in [4.69, 9.17) is 16.0 Å². The van der Waals surface area contributed by atoms with Crippen LogP contribution in [0.4, 0.5) is 5.69 Å². The number of hydrogen-bond acceptors (Lipinski definition) is 4. The van der Waals surface area contributed by atoms with Gasteiger partial charge in [0.1, 0.15) is 0 Å². The monoisotopic (exact) mass is 199 g/mol. The van der Waals surface area contributed by atoms with E-state index >= 15 is 0 Å². The zero-order valence-corrected chi connectivity index (χ0v) is 7.58. The van der Waals surface area contributed by atoms with Gasteiger partial charge in [0, 0.05) is 18.7 Å². The number of benzene rings is 1. The first-order valence-electron chi connectivity index (χ1n) is 3.94. The molecule has 6 heteroatoms. The molecule has 0 atom stereocenters. The van der Waals surface area contributed by atoms with E-state index in [9.17, 15) is 5.21 Å². The molecule has 0 fully saturated rings. The van der Waals surface area contributed by atoms with Crippen LogP contribution in [0.5, 0.6) is 0 Å². The van der Waals surface area contributed by atoms with Gasteiger partial charge in [-0.05, 0) is 4.86 Å². The predicted octanol–water partition coefficient (Wildman–Crippen LogP) is 0.607. The van der Waals surface area contributed by atoms with Crippen LogP contribution >= 0.6 is 0 Å². The van der Waals surface area contributed by atoms with Crippen LogP contribution in [0, 0.1) is 5.21 Å². The van der Waals surface area contributed by atoms with Gasteiger partial charge in [-0.1, -0.05) is 18.2 Å². The summed E-state index contributed by atoms with van der Waals surface area (Å²) in [6.45, 7) is 0.472. The molecule has 0 spiro atoms. The Balaban J connectivity index is 0.000000364. The van der Waals surface area contributed by atoms with Gasteiger partial charge in [-0.2, -0.15) is 0 Å². The summed E-state index contributed by atoms with van der Waals surface area (Å²) in [7, 11) is 0. The summed E-state index contributed by atoms with van der Waals surface area (Å²) in [6.07, 6.45) is 0. The third-order valence-electron chi connectivity index (χ3n) is 1.19. The average molecular weight is 199 g/mol. The smallest absolute Gasteiger partial charge is 0.248 e. The molecule has 1 aromatic carbocycles. The highest BCUT2D eigenvalue weighted by Gasteiger charge is 1.98. The number of nitrogens with two attached hydrogens (primary N) is 1. The largest absolute Gasteiger partial charge is 0.592 e. The first kappa shape index (κ1) is 12.3. The first-order valence-corrected chi connectivity index (χ1v) is 3.94. The third kappa shape index (κ3) is 5.07. The lowest BCUT2D eigenvalue weighted by molar-refractivity contribution is -0.473. The molecule has 1 rings (SSSR count). The molecule has 0 aromatic heterocycles. The lowest BCUT2D eigenvalue weighted by Gasteiger charge is -1.93. The summed E-state index contributed by atoms with van der Waals surface area (Å²) in [5.74, 6) is 0. The van der Waals surface area contributed by atoms with Crippen LogP contribution in [-0.4, -0.2) is 28.3 Å². The summed E-state index contributed by atoms with van der Waals surface area (Å²) < 4.78 is 0. The minimum absolute atomic E-state index is 0.0972. The average Bonchev–Trinajstić information content (AvgIpc) is 2.29. The predicted molar refractivity (Wildman–Crippen MR) is 50.1 cm³/mol. The molecule has 0 aliphatic rings. The molecule has 78 valence electrons. The van der Waals surface area contributed by atoms with Crippen LogP contribution < -0.4 is 5.73 Å². The SMILES string of the molecule is NCCO.[O-]/[N+](=N/O)c1ccccc1. The lowest BCUT2D eigenvalue weighted by atomic mass is 10.3. The molecular weight excluding hydrogens is 186 g/mol. The van der Waals surface area contributed by atoms with Gasteiger partial charge in [0.25, 0.3) is 0 Å². The molecule has 0 bridgehead atoms. The molecule has 6 nitrogen and oxygen atoms in total. The number of hydrogen-bond donors (Lipinski definition) is 3. The van der Waals surface area contributed by atoms with Crippen molar-refractivity contribution in [2.45, 2.75) is 0 Å². The van der Waals surface area contributed by atoms with E-state index in [0.29, 0.717) is 12.2 Å². The van der Waals surface area contributed by atoms with Crippen molar-refractivity contribution >= 4 is 5.69 Å². The van der Waals surface area contributed by atoms with Crippen molar-refractivity contribution in [1.29, 1.82) is 0 Å². The summed E-state index contributed by atoms with van der Waals surface area (Å²) in [4.78, 5) is 0.139. The Kier molecular flexibility index (Phi) is 7.02. The van der Waals surface area contributed by atoms with Crippen LogP contribution in [0.2, 0.25) is 0 Å². The number of aliphatic hydroxyl groups excluding tert-OH is 1. The highest BCUT2D eigenvalue weighted by atomic mass is 16.6. The van der Waals surface area contributed by atoms with Crippen molar-refractivity contribution in [1.82, 2.24) is 0 Å². The van der Waals surface area contributed by atoms with Crippen molar-refractivity contribution < 1.29 is 15.2 Å². The fraction of sp³-hybridized carbons (Fsp3) is 0.250. The molecule has 0 saturated heterocycles. The second-order valence-electron chi connectivity index (χ2n) is 2.21. The van der Waals surface area contributed by atoms with Crippen LogP contribution in [0.1, 0.15) is 0 Å². The summed E-state index contributed by atoms with van der Waals surface area (Å²) >= 11 is 0. The molecule has 0 heterocycles. The van der Waals surface area contributed by atoms with Crippen LogP contribution in [0.15, 0.2) is 35.6 Å². The van der Waals surface area contributed by atoms with Crippen LogP contribution in [-0.2, 0) is 0 Å². The quantitative estimate of drug-likeness (QED) is 0.368. The van der Waals surface area contributed by atoms with E-state index in [1.165, 1.54) is 0 Å². The van der Waals surface area contributed by atoms with Gasteiger partial charge in [0.15, 0.2) is 0 Å². The van der Waals surface area contributed by atoms with E-state index in [1.807, 2.05) is 0 Å². The fourth-order valence-electron chi connectivity index (χ4n) is 0.607. The second kappa shape index (κ2) is 7.96. The van der Waals surface area contributed by atoms with Crippen LogP contribution in [0.25, 0.3) is 0 Å². The first-order chi connectivity index (χ1) is 6.76. The number of aliphatic hydroxyl groups is 1. The molecule has 0 radical (unpaired) electrons. The summed E-state index contributed by atoms with van der Waals surface area (Å²) in [5.41, 5.74) is 5.09. The van der Waals surface area contributed by atoms with Crippen molar-refractivity contribution in [3.63, 3.8) is 0 Å². The van der Waals surface area contributed by atoms with E-state index in [0.717, 1.165) is 0 Å². The highest BCUT2D eigenvalue weighted by molar-refractivity contribution is 5.27. The number of rotatable bonds is 2. The van der Waals surface area contributed by atoms with Crippen molar-refractivity contribution in [3.05, 3.63) is 35.5 Å². The Labute approximate surface area is 81.5 Å². The normalized spacial score (nSPS) is 10.3. The molecular formula is C8H13N3O3. The number of nitrogens with zero attached hydrogens (tertiary/aromatic N) is 2. The fourth-order valence-corrected chi connectivity index (χ4v) is 0.607. The Morgan fingerprint density at radius 2 is 1.86 bits per heavy atom. The van der Waals surface area contributed by atoms with Crippen molar-refractivity contribution in [2.24, 2.45) is 11.0 Å². The standard InChI is InChI=1S/C6H6N2O2.C2H7NO/c9-7-8(10)6-4-2-1-3-5-6;3-1-2-4/h1-5,9H;4H,1-3H2/b8-7+;. The topological polar surface area (TPSA) is 105 Å². The van der Waals surface area contributed by atoms with Crippen molar-refractivity contribution in [3.8, 4) is 0 Å². The van der Waals surface area contributed by atoms with Crippen molar-refractivity contribution in [2.75, 3.05) is 13.2 Å². The zero-order chi connectivity index (χ0) is 10.8. The van der Waals surface area contributed by atoms with Crippen LogP contribution in [0.3, 0.4) is 0 Å². The van der Waals surface area contributed by atoms with Gasteiger partial charge in [0.05, 0.1) is 6.61 Å². The Bertz CT molecular complexity index is 262. The Morgan fingerprint density at radius 3 is 2.21 bits per heavy atom. The van der Waals surface area contributed by atoms with E-state index in [-0.39, 0.29) is 11.5 Å². The maximum absolute atomic E-state index is 10.5. The molecule has 0 aliphatic heterocycles. The minimum Gasteiger partial charge on any atom is -0.592 e. The maximum Gasteiger partial charge on any atom is 0.248 e. The van der Waals surface area contributed by atoms with Gasteiger partial charge in [0.2, 0.25) is 11.0 Å². The van der Waals surface area contributed by atoms with Gasteiger partial charge in [-0.3, -0.25) is 0 Å². The van der Waals surface area contributed by atoms with E-state index in [2.05, 4.69) is 5.28 Å². The van der Waals surface area contributed by atoms with Gasteiger partial charge in [-0.15, -0.1) is 0 Å². The van der Waals surface area contributed by atoms with E-state index < -0.39 is 0 Å². The summed E-state index contributed by atoms with van der Waals surface area (Å²) in [6, 6.07) is 8.24. The zero-order valence-electron chi connectivity index (χ0n) is 7.58. The second-order valence-corrected chi connectivity index (χ2v) is 2.21. The van der Waals surface area contributed by atoms with Gasteiger partial charge >= 0.3 is 0 Å². The number of para-hydroxylation sites is 1. The van der Waals surface area contributed by atoms with Gasteiger partial charge < -0.3 is 21.3 Å². The van der Waals surface area contributed by atoms with Gasteiger partial charge in [-0.25, -0.2) is 0 Å². The molecule has 1 aromatic rings. The maximum atomic E-state index is 10.5. The van der Waals surface area contributed by atoms with E-state index in [1.54, 1.807) is 30.3 Å². The Morgan fingerprint density at radius 1 is 1.36 bits per heavy atom. The molecule has 0 saturated carbocycles. The molecule has 0 unspecified atom stereocenters. The molecule has 0 aliphatic carbocycles. The summed E-state index contributed by atoms with van der Waals surface area (Å²) in [5, 5.41) is 28.7. The molecule has 0 amide bonds. The minimum atomic E-state index is 0.0972. The molecule has 14 heavy (non-hydrogen) atoms. The third-order valence-corrected chi connectivity index (χ3v) is 1.19. The highest BCUT2D eigenvalue weighted by Crippen LogP contribution is 2.08. The molecule has 4 N–H and O–H groups in total. The lowest BCUT2D eigenvalue weighted by Crippen LogP contribution is -2.02. The Hall–Kier alpha value is -1.66.